The zero-order chi connectivity index (χ0) is 20.8. The van der Waals surface area contributed by atoms with Crippen molar-refractivity contribution >= 4 is 35.3 Å². The smallest absolute Gasteiger partial charge is 0.251 e. The number of para-hydroxylation sites is 2. The van der Waals surface area contributed by atoms with Gasteiger partial charge in [-0.1, -0.05) is 72.8 Å². The van der Waals surface area contributed by atoms with Crippen molar-refractivity contribution in [1.82, 2.24) is 0 Å². The Morgan fingerprint density at radius 1 is 0.567 bits per heavy atom. The Balaban J connectivity index is 1.54. The SMILES string of the molecule is O=C(C=Cc1ccccc1)N1CCN(C(=O)C=Cc2ccccc2)c2ccccc21. The maximum Gasteiger partial charge on any atom is 0.251 e. The van der Waals surface area contributed by atoms with Crippen LogP contribution in [0.15, 0.2) is 97.1 Å². The Morgan fingerprint density at radius 2 is 0.933 bits per heavy atom. The summed E-state index contributed by atoms with van der Waals surface area (Å²) in [6, 6.07) is 27.0. The van der Waals surface area contributed by atoms with Gasteiger partial charge in [-0.25, -0.2) is 0 Å². The third-order valence-electron chi connectivity index (χ3n) is 4.98. The molecule has 148 valence electrons. The molecule has 3 aromatic carbocycles. The van der Waals surface area contributed by atoms with Gasteiger partial charge < -0.3 is 9.80 Å². The summed E-state index contributed by atoms with van der Waals surface area (Å²) in [6.07, 6.45) is 6.79. The first kappa shape index (κ1) is 19.4. The maximum absolute atomic E-state index is 12.8. The van der Waals surface area contributed by atoms with E-state index in [2.05, 4.69) is 0 Å². The zero-order valence-electron chi connectivity index (χ0n) is 16.5. The lowest BCUT2D eigenvalue weighted by Gasteiger charge is -2.35. The summed E-state index contributed by atoms with van der Waals surface area (Å²) in [4.78, 5) is 29.1. The van der Waals surface area contributed by atoms with Crippen LogP contribution >= 0.6 is 0 Å². The molecule has 0 bridgehead atoms. The molecule has 0 atom stereocenters. The third kappa shape index (κ3) is 4.39. The van der Waals surface area contributed by atoms with Gasteiger partial charge in [-0.3, -0.25) is 9.59 Å². The number of nitrogens with zero attached hydrogens (tertiary/aromatic N) is 2. The van der Waals surface area contributed by atoms with E-state index in [1.807, 2.05) is 97.1 Å². The van der Waals surface area contributed by atoms with E-state index >= 15 is 0 Å². The summed E-state index contributed by atoms with van der Waals surface area (Å²) in [5.74, 6) is -0.198. The lowest BCUT2D eigenvalue weighted by Crippen LogP contribution is -2.45. The second kappa shape index (κ2) is 9.05. The zero-order valence-corrected chi connectivity index (χ0v) is 16.5. The largest absolute Gasteiger partial charge is 0.305 e. The fourth-order valence-electron chi connectivity index (χ4n) is 3.46. The van der Waals surface area contributed by atoms with Gasteiger partial charge in [-0.05, 0) is 35.4 Å². The lowest BCUT2D eigenvalue weighted by molar-refractivity contribution is -0.115. The fourth-order valence-corrected chi connectivity index (χ4v) is 3.46. The highest BCUT2D eigenvalue weighted by molar-refractivity contribution is 6.11. The topological polar surface area (TPSA) is 40.6 Å². The molecule has 4 heteroatoms. The highest BCUT2D eigenvalue weighted by atomic mass is 16.2. The minimum Gasteiger partial charge on any atom is -0.305 e. The molecule has 0 saturated carbocycles. The highest BCUT2D eigenvalue weighted by Crippen LogP contribution is 2.33. The predicted octanol–water partition coefficient (Wildman–Crippen LogP) is 4.79. The van der Waals surface area contributed by atoms with Crippen molar-refractivity contribution < 1.29 is 9.59 Å². The van der Waals surface area contributed by atoms with Gasteiger partial charge in [0.05, 0.1) is 11.4 Å². The number of rotatable bonds is 4. The van der Waals surface area contributed by atoms with Crippen molar-refractivity contribution in [2.75, 3.05) is 22.9 Å². The lowest BCUT2D eigenvalue weighted by atomic mass is 10.1. The molecule has 30 heavy (non-hydrogen) atoms. The van der Waals surface area contributed by atoms with Crippen LogP contribution in [0.3, 0.4) is 0 Å². The highest BCUT2D eigenvalue weighted by Gasteiger charge is 2.27. The van der Waals surface area contributed by atoms with Gasteiger partial charge in [0.2, 0.25) is 0 Å². The van der Waals surface area contributed by atoms with Gasteiger partial charge in [0.1, 0.15) is 0 Å². The normalized spacial score (nSPS) is 13.6. The summed E-state index contributed by atoms with van der Waals surface area (Å²) in [6.45, 7) is 0.889. The summed E-state index contributed by atoms with van der Waals surface area (Å²) < 4.78 is 0. The second-order valence-corrected chi connectivity index (χ2v) is 6.96. The van der Waals surface area contributed by atoms with E-state index in [0.29, 0.717) is 13.1 Å². The van der Waals surface area contributed by atoms with E-state index in [9.17, 15) is 9.59 Å². The van der Waals surface area contributed by atoms with Crippen LogP contribution in [0.1, 0.15) is 11.1 Å². The van der Waals surface area contributed by atoms with Gasteiger partial charge in [0.25, 0.3) is 11.8 Å². The Labute approximate surface area is 176 Å². The van der Waals surface area contributed by atoms with Crippen LogP contribution in [0.5, 0.6) is 0 Å². The number of carbonyl (C=O) groups excluding carboxylic acids is 2. The number of fused-ring (bicyclic) bond motifs is 1. The molecule has 0 fully saturated rings. The van der Waals surface area contributed by atoms with E-state index in [4.69, 9.17) is 0 Å². The first-order valence-electron chi connectivity index (χ1n) is 9.91. The number of carbonyl (C=O) groups is 2. The van der Waals surface area contributed by atoms with Crippen molar-refractivity contribution in [2.45, 2.75) is 0 Å². The van der Waals surface area contributed by atoms with Crippen LogP contribution in [-0.4, -0.2) is 24.9 Å². The van der Waals surface area contributed by atoms with Gasteiger partial charge in [0.15, 0.2) is 0 Å². The molecular formula is C26H22N2O2. The van der Waals surface area contributed by atoms with Crippen molar-refractivity contribution in [1.29, 1.82) is 0 Å². The molecular weight excluding hydrogens is 372 g/mol. The molecule has 0 unspecified atom stereocenters. The molecule has 0 radical (unpaired) electrons. The molecule has 3 aromatic rings. The molecule has 0 aromatic heterocycles. The maximum atomic E-state index is 12.8. The first-order valence-corrected chi connectivity index (χ1v) is 9.91. The van der Waals surface area contributed by atoms with E-state index in [1.54, 1.807) is 22.0 Å². The van der Waals surface area contributed by atoms with E-state index in [0.717, 1.165) is 22.5 Å². The monoisotopic (exact) mass is 394 g/mol. The number of anilines is 2. The summed E-state index contributed by atoms with van der Waals surface area (Å²) in [5, 5.41) is 0. The first-order chi connectivity index (χ1) is 14.7. The van der Waals surface area contributed by atoms with Gasteiger partial charge >= 0.3 is 0 Å². The van der Waals surface area contributed by atoms with Crippen LogP contribution in [0, 0.1) is 0 Å². The van der Waals surface area contributed by atoms with Crippen molar-refractivity contribution in [3.63, 3.8) is 0 Å². The number of hydrogen-bond acceptors (Lipinski definition) is 2. The van der Waals surface area contributed by atoms with Crippen LogP contribution in [0.2, 0.25) is 0 Å². The average molecular weight is 394 g/mol. The molecule has 4 rings (SSSR count). The summed E-state index contributed by atoms with van der Waals surface area (Å²) in [5.41, 5.74) is 3.43. The molecule has 4 nitrogen and oxygen atoms in total. The molecule has 0 aliphatic carbocycles. The van der Waals surface area contributed by atoms with Crippen LogP contribution < -0.4 is 9.80 Å². The molecule has 1 heterocycles. The third-order valence-corrected chi connectivity index (χ3v) is 4.98. The van der Waals surface area contributed by atoms with Gasteiger partial charge in [0, 0.05) is 25.2 Å². The Morgan fingerprint density at radius 3 is 1.33 bits per heavy atom. The van der Waals surface area contributed by atoms with E-state index in [-0.39, 0.29) is 11.8 Å². The quantitative estimate of drug-likeness (QED) is 0.597. The minimum absolute atomic E-state index is 0.0989. The molecule has 1 aliphatic rings. The van der Waals surface area contributed by atoms with Gasteiger partial charge in [-0.15, -0.1) is 0 Å². The van der Waals surface area contributed by atoms with Crippen molar-refractivity contribution in [3.8, 4) is 0 Å². The molecule has 0 saturated heterocycles. The van der Waals surface area contributed by atoms with Crippen molar-refractivity contribution in [3.05, 3.63) is 108 Å². The second-order valence-electron chi connectivity index (χ2n) is 6.96. The predicted molar refractivity (Wildman–Crippen MR) is 122 cm³/mol. The van der Waals surface area contributed by atoms with E-state index < -0.39 is 0 Å². The average Bonchev–Trinajstić information content (AvgIpc) is 2.81. The Bertz CT molecular complexity index is 1000. The van der Waals surface area contributed by atoms with Crippen LogP contribution in [0.4, 0.5) is 11.4 Å². The number of benzene rings is 3. The van der Waals surface area contributed by atoms with Crippen LogP contribution in [0.25, 0.3) is 12.2 Å². The van der Waals surface area contributed by atoms with Crippen molar-refractivity contribution in [2.24, 2.45) is 0 Å². The van der Waals surface area contributed by atoms with Gasteiger partial charge in [-0.2, -0.15) is 0 Å². The number of amides is 2. The molecule has 0 spiro atoms. The Hall–Kier alpha value is -3.92. The molecule has 0 N–H and O–H groups in total. The standard InChI is InChI=1S/C26H22N2O2/c29-25(17-15-21-9-3-1-4-10-21)27-19-20-28(24-14-8-7-13-23(24)27)26(30)18-16-22-11-5-2-6-12-22/h1-18H,19-20H2. The Kier molecular flexibility index (Phi) is 5.85. The molecule has 1 aliphatic heterocycles. The summed E-state index contributed by atoms with van der Waals surface area (Å²) in [7, 11) is 0. The fraction of sp³-hybridized carbons (Fsp3) is 0.0769. The molecule has 2 amide bonds. The van der Waals surface area contributed by atoms with Crippen LogP contribution in [-0.2, 0) is 9.59 Å². The minimum atomic E-state index is -0.0989. The summed E-state index contributed by atoms with van der Waals surface area (Å²) >= 11 is 0. The van der Waals surface area contributed by atoms with E-state index in [1.165, 1.54) is 0 Å². The number of hydrogen-bond donors (Lipinski definition) is 0.